The first-order valence-corrected chi connectivity index (χ1v) is 6.65. The van der Waals surface area contributed by atoms with Gasteiger partial charge in [0, 0.05) is 4.47 Å². The van der Waals surface area contributed by atoms with Crippen molar-refractivity contribution in [2.24, 2.45) is 0 Å². The lowest BCUT2D eigenvalue weighted by Gasteiger charge is -2.06. The van der Waals surface area contributed by atoms with Crippen LogP contribution in [0.4, 0.5) is 5.69 Å². The Kier molecular flexibility index (Phi) is 4.06. The van der Waals surface area contributed by atoms with Crippen LogP contribution in [0.5, 0.6) is 0 Å². The minimum absolute atomic E-state index is 0.0825. The lowest BCUT2D eigenvalue weighted by Crippen LogP contribution is -2.12. The van der Waals surface area contributed by atoms with E-state index in [1.165, 1.54) is 18.2 Å². The van der Waals surface area contributed by atoms with Gasteiger partial charge in [0.2, 0.25) is 0 Å². The number of carbonyl (C=O) groups is 2. The minimum Gasteiger partial charge on any atom is -0.478 e. The summed E-state index contributed by atoms with van der Waals surface area (Å²) in [5, 5.41) is 11.5. The van der Waals surface area contributed by atoms with E-state index in [9.17, 15) is 9.59 Å². The summed E-state index contributed by atoms with van der Waals surface area (Å²) >= 11 is 6.34. The zero-order valence-electron chi connectivity index (χ0n) is 9.31. The van der Waals surface area contributed by atoms with Crippen LogP contribution in [0, 0.1) is 0 Å². The number of halogens is 2. The van der Waals surface area contributed by atoms with Crippen LogP contribution < -0.4 is 5.32 Å². The maximum atomic E-state index is 11.9. The van der Waals surface area contributed by atoms with Gasteiger partial charge in [0.25, 0.3) is 5.91 Å². The maximum absolute atomic E-state index is 11.9. The van der Waals surface area contributed by atoms with Crippen LogP contribution in [0.25, 0.3) is 0 Å². The molecule has 7 heteroatoms. The second-order valence-electron chi connectivity index (χ2n) is 3.56. The molecule has 0 bridgehead atoms. The highest BCUT2D eigenvalue weighted by Crippen LogP contribution is 2.25. The zero-order chi connectivity index (χ0) is 14.0. The molecule has 0 fully saturated rings. The number of rotatable bonds is 3. The molecule has 1 aromatic carbocycles. The number of hydrogen-bond donors (Lipinski definition) is 2. The normalized spacial score (nSPS) is 10.2. The van der Waals surface area contributed by atoms with E-state index in [2.05, 4.69) is 37.2 Å². The Balaban J connectivity index is 2.25. The molecule has 0 aliphatic carbocycles. The molecule has 2 aromatic rings. The molecule has 0 unspecified atom stereocenters. The van der Waals surface area contributed by atoms with E-state index in [-0.39, 0.29) is 11.3 Å². The Labute approximate surface area is 124 Å². The van der Waals surface area contributed by atoms with Crippen LogP contribution in [-0.2, 0) is 0 Å². The fourth-order valence-electron chi connectivity index (χ4n) is 1.37. The van der Waals surface area contributed by atoms with Crippen molar-refractivity contribution in [1.82, 2.24) is 0 Å². The number of hydrogen-bond acceptors (Lipinski definition) is 3. The Morgan fingerprint density at radius 1 is 1.16 bits per heavy atom. The van der Waals surface area contributed by atoms with E-state index in [0.29, 0.717) is 14.8 Å². The molecule has 0 atom stereocenters. The first-order valence-electron chi connectivity index (χ1n) is 5.07. The van der Waals surface area contributed by atoms with Crippen LogP contribution in [-0.4, -0.2) is 17.0 Å². The van der Waals surface area contributed by atoms with E-state index in [1.54, 1.807) is 12.1 Å². The van der Waals surface area contributed by atoms with Crippen LogP contribution in [0.15, 0.2) is 43.9 Å². The summed E-state index contributed by atoms with van der Waals surface area (Å²) in [6, 6.07) is 7.46. The molecule has 2 N–H and O–H groups in total. The van der Waals surface area contributed by atoms with Crippen molar-refractivity contribution in [3.05, 3.63) is 50.8 Å². The molecular weight excluding hydrogens is 382 g/mol. The first-order chi connectivity index (χ1) is 8.97. The number of aromatic carboxylic acids is 1. The molecule has 2 rings (SSSR count). The first kappa shape index (κ1) is 13.8. The third kappa shape index (κ3) is 3.24. The average Bonchev–Trinajstić information content (AvgIpc) is 2.78. The van der Waals surface area contributed by atoms with Crippen molar-refractivity contribution in [3.8, 4) is 0 Å². The predicted molar refractivity (Wildman–Crippen MR) is 75.5 cm³/mol. The standard InChI is InChI=1S/C12H7Br2NO4/c13-7-2-1-6(12(17)18)5-8(7)15-11(16)9-3-4-10(14)19-9/h1-5H,(H,15,16)(H,17,18). The highest BCUT2D eigenvalue weighted by Gasteiger charge is 2.14. The molecule has 1 amide bonds. The second kappa shape index (κ2) is 5.58. The molecule has 5 nitrogen and oxygen atoms in total. The fourth-order valence-corrected chi connectivity index (χ4v) is 2.03. The second-order valence-corrected chi connectivity index (χ2v) is 5.19. The number of furan rings is 1. The topological polar surface area (TPSA) is 79.5 Å². The van der Waals surface area contributed by atoms with Crippen LogP contribution in [0.2, 0.25) is 0 Å². The number of carboxylic acids is 1. The number of benzene rings is 1. The van der Waals surface area contributed by atoms with Gasteiger partial charge in [0.1, 0.15) is 0 Å². The third-order valence-corrected chi connectivity index (χ3v) is 3.38. The van der Waals surface area contributed by atoms with E-state index < -0.39 is 11.9 Å². The molecule has 98 valence electrons. The number of carboxylic acid groups (broad SMARTS) is 1. The van der Waals surface area contributed by atoms with Gasteiger partial charge < -0.3 is 14.8 Å². The Morgan fingerprint density at radius 2 is 1.89 bits per heavy atom. The molecule has 0 spiro atoms. The maximum Gasteiger partial charge on any atom is 0.335 e. The summed E-state index contributed by atoms with van der Waals surface area (Å²) in [5.41, 5.74) is 0.441. The Hall–Kier alpha value is -1.60. The average molecular weight is 389 g/mol. The fraction of sp³-hybridized carbons (Fsp3) is 0. The Bertz CT molecular complexity index is 651. The summed E-state index contributed by atoms with van der Waals surface area (Å²) in [5.74, 6) is -1.41. The summed E-state index contributed by atoms with van der Waals surface area (Å²) in [7, 11) is 0. The monoisotopic (exact) mass is 387 g/mol. The molecule has 0 saturated heterocycles. The largest absolute Gasteiger partial charge is 0.478 e. The van der Waals surface area contributed by atoms with Gasteiger partial charge in [-0.05, 0) is 62.2 Å². The SMILES string of the molecule is O=C(O)c1ccc(Br)c(NC(=O)c2ccc(Br)o2)c1. The van der Waals surface area contributed by atoms with Crippen molar-refractivity contribution in [2.45, 2.75) is 0 Å². The van der Waals surface area contributed by atoms with Gasteiger partial charge in [-0.1, -0.05) is 0 Å². The third-order valence-electron chi connectivity index (χ3n) is 2.26. The molecule has 1 heterocycles. The predicted octanol–water partition coefficient (Wildman–Crippen LogP) is 3.76. The number of amides is 1. The van der Waals surface area contributed by atoms with Crippen molar-refractivity contribution in [3.63, 3.8) is 0 Å². The molecule has 1 aromatic heterocycles. The highest BCUT2D eigenvalue weighted by molar-refractivity contribution is 9.10. The molecule has 0 aliphatic heterocycles. The van der Waals surface area contributed by atoms with Gasteiger partial charge in [0.05, 0.1) is 11.3 Å². The Morgan fingerprint density at radius 3 is 2.47 bits per heavy atom. The van der Waals surface area contributed by atoms with Crippen LogP contribution in [0.1, 0.15) is 20.9 Å². The van der Waals surface area contributed by atoms with Crippen molar-refractivity contribution in [1.29, 1.82) is 0 Å². The summed E-state index contributed by atoms with van der Waals surface area (Å²) in [6.45, 7) is 0. The molecule has 0 saturated carbocycles. The van der Waals surface area contributed by atoms with Gasteiger partial charge in [-0.25, -0.2) is 4.79 Å². The van der Waals surface area contributed by atoms with E-state index in [4.69, 9.17) is 9.52 Å². The summed E-state index contributed by atoms with van der Waals surface area (Å²) in [4.78, 5) is 22.7. The van der Waals surface area contributed by atoms with Gasteiger partial charge >= 0.3 is 5.97 Å². The summed E-state index contributed by atoms with van der Waals surface area (Å²) < 4.78 is 6.13. The number of anilines is 1. The smallest absolute Gasteiger partial charge is 0.335 e. The lowest BCUT2D eigenvalue weighted by atomic mass is 10.2. The van der Waals surface area contributed by atoms with Gasteiger partial charge in [-0.15, -0.1) is 0 Å². The minimum atomic E-state index is -1.07. The molecular formula is C12H7Br2NO4. The van der Waals surface area contributed by atoms with Crippen LogP contribution >= 0.6 is 31.9 Å². The van der Waals surface area contributed by atoms with E-state index in [1.807, 2.05) is 0 Å². The van der Waals surface area contributed by atoms with E-state index in [0.717, 1.165) is 0 Å². The lowest BCUT2D eigenvalue weighted by molar-refractivity contribution is 0.0696. The van der Waals surface area contributed by atoms with Crippen molar-refractivity contribution >= 4 is 49.4 Å². The molecule has 0 aliphatic rings. The highest BCUT2D eigenvalue weighted by atomic mass is 79.9. The van der Waals surface area contributed by atoms with Gasteiger partial charge in [0.15, 0.2) is 10.4 Å². The van der Waals surface area contributed by atoms with Crippen molar-refractivity contribution in [2.75, 3.05) is 5.32 Å². The number of carbonyl (C=O) groups excluding carboxylic acids is 1. The zero-order valence-corrected chi connectivity index (χ0v) is 12.5. The van der Waals surface area contributed by atoms with E-state index >= 15 is 0 Å². The molecule has 19 heavy (non-hydrogen) atoms. The molecule has 0 radical (unpaired) electrons. The van der Waals surface area contributed by atoms with Gasteiger partial charge in [-0.3, -0.25) is 4.79 Å². The van der Waals surface area contributed by atoms with Crippen LogP contribution in [0.3, 0.4) is 0 Å². The quantitative estimate of drug-likeness (QED) is 0.838. The summed E-state index contributed by atoms with van der Waals surface area (Å²) in [6.07, 6.45) is 0. The number of nitrogens with one attached hydrogen (secondary N) is 1. The van der Waals surface area contributed by atoms with Crippen molar-refractivity contribution < 1.29 is 19.1 Å². The van der Waals surface area contributed by atoms with Gasteiger partial charge in [-0.2, -0.15) is 0 Å².